The van der Waals surface area contributed by atoms with Gasteiger partial charge in [-0.25, -0.2) is 18.1 Å². The second-order valence-corrected chi connectivity index (χ2v) is 11.0. The van der Waals surface area contributed by atoms with E-state index in [9.17, 15) is 22.8 Å². The summed E-state index contributed by atoms with van der Waals surface area (Å²) in [7, 11) is -3.72. The molecule has 31 heavy (non-hydrogen) atoms. The maximum absolute atomic E-state index is 13.0. The van der Waals surface area contributed by atoms with E-state index in [0.29, 0.717) is 6.42 Å². The summed E-state index contributed by atoms with van der Waals surface area (Å²) in [6, 6.07) is 1.71. The SMILES string of the molecule is Cc1nc(C(=O)N2CCC(NS(=O)(=O)c3cccs3)CC2C(=O)NCCC(N)=O)cs1. The summed E-state index contributed by atoms with van der Waals surface area (Å²) in [6.45, 7) is 2.00. The van der Waals surface area contributed by atoms with Crippen LogP contribution in [0.3, 0.4) is 0 Å². The van der Waals surface area contributed by atoms with E-state index in [1.807, 2.05) is 0 Å². The van der Waals surface area contributed by atoms with E-state index < -0.39 is 33.9 Å². The number of hydrogen-bond acceptors (Lipinski definition) is 8. The van der Waals surface area contributed by atoms with Crippen molar-refractivity contribution < 1.29 is 22.8 Å². The van der Waals surface area contributed by atoms with Crippen LogP contribution in [0.4, 0.5) is 0 Å². The summed E-state index contributed by atoms with van der Waals surface area (Å²) in [5.41, 5.74) is 5.36. The predicted molar refractivity (Wildman–Crippen MR) is 116 cm³/mol. The van der Waals surface area contributed by atoms with Gasteiger partial charge in [0.15, 0.2) is 0 Å². The number of likely N-dealkylation sites (tertiary alicyclic amines) is 1. The minimum Gasteiger partial charge on any atom is -0.370 e. The number of rotatable bonds is 8. The number of nitrogens with two attached hydrogens (primary N) is 1. The molecule has 0 bridgehead atoms. The van der Waals surface area contributed by atoms with Crippen LogP contribution in [0.1, 0.15) is 34.8 Å². The molecule has 10 nitrogen and oxygen atoms in total. The number of thiazole rings is 1. The van der Waals surface area contributed by atoms with Crippen LogP contribution in [0.5, 0.6) is 0 Å². The first-order valence-corrected chi connectivity index (χ1v) is 12.8. The Bertz CT molecular complexity index is 1050. The van der Waals surface area contributed by atoms with Crippen LogP contribution in [0.2, 0.25) is 0 Å². The number of nitrogens with zero attached hydrogens (tertiary/aromatic N) is 2. The number of carbonyl (C=O) groups is 3. The molecular formula is C18H23N5O5S3. The number of sulfonamides is 1. The number of nitrogens with one attached hydrogen (secondary N) is 2. The molecule has 1 saturated heterocycles. The molecule has 0 aliphatic carbocycles. The highest BCUT2D eigenvalue weighted by molar-refractivity contribution is 7.91. The Morgan fingerprint density at radius 2 is 2.10 bits per heavy atom. The summed E-state index contributed by atoms with van der Waals surface area (Å²) in [6.07, 6.45) is 0.415. The fourth-order valence-corrected chi connectivity index (χ4v) is 6.17. The summed E-state index contributed by atoms with van der Waals surface area (Å²) >= 11 is 2.43. The number of aryl methyl sites for hydroxylation is 1. The van der Waals surface area contributed by atoms with Crippen molar-refractivity contribution in [2.45, 2.75) is 42.5 Å². The van der Waals surface area contributed by atoms with Crippen molar-refractivity contribution in [2.24, 2.45) is 5.73 Å². The van der Waals surface area contributed by atoms with Gasteiger partial charge in [0.2, 0.25) is 21.8 Å². The Morgan fingerprint density at radius 1 is 1.32 bits per heavy atom. The van der Waals surface area contributed by atoms with Crippen LogP contribution < -0.4 is 15.8 Å². The van der Waals surface area contributed by atoms with E-state index in [4.69, 9.17) is 5.73 Å². The third-order valence-electron chi connectivity index (χ3n) is 4.76. The molecule has 0 radical (unpaired) electrons. The van der Waals surface area contributed by atoms with Gasteiger partial charge in [0.1, 0.15) is 15.9 Å². The Kier molecular flexibility index (Phi) is 7.41. The molecule has 3 amide bonds. The molecule has 1 aliphatic heterocycles. The molecule has 2 aromatic rings. The molecule has 2 aromatic heterocycles. The first-order valence-electron chi connectivity index (χ1n) is 9.52. The summed E-state index contributed by atoms with van der Waals surface area (Å²) < 4.78 is 28.0. The molecule has 4 N–H and O–H groups in total. The van der Waals surface area contributed by atoms with Crippen molar-refractivity contribution in [1.82, 2.24) is 19.9 Å². The molecule has 3 rings (SSSR count). The lowest BCUT2D eigenvalue weighted by Crippen LogP contribution is -2.57. The summed E-state index contributed by atoms with van der Waals surface area (Å²) in [5.74, 6) is -1.42. The smallest absolute Gasteiger partial charge is 0.274 e. The van der Waals surface area contributed by atoms with Gasteiger partial charge in [-0.05, 0) is 31.2 Å². The third-order valence-corrected chi connectivity index (χ3v) is 8.45. The molecule has 0 spiro atoms. The highest BCUT2D eigenvalue weighted by Crippen LogP contribution is 2.24. The van der Waals surface area contributed by atoms with Gasteiger partial charge in [-0.1, -0.05) is 6.07 Å². The van der Waals surface area contributed by atoms with Crippen molar-refractivity contribution in [2.75, 3.05) is 13.1 Å². The molecule has 2 atom stereocenters. The molecule has 1 aliphatic rings. The Morgan fingerprint density at radius 3 is 2.71 bits per heavy atom. The van der Waals surface area contributed by atoms with Gasteiger partial charge in [-0.15, -0.1) is 22.7 Å². The molecule has 0 aromatic carbocycles. The van der Waals surface area contributed by atoms with Gasteiger partial charge in [-0.2, -0.15) is 0 Å². The number of aromatic nitrogens is 1. The zero-order chi connectivity index (χ0) is 22.6. The van der Waals surface area contributed by atoms with Crippen LogP contribution in [0.15, 0.2) is 27.1 Å². The average molecular weight is 486 g/mol. The normalized spacial score (nSPS) is 19.2. The zero-order valence-corrected chi connectivity index (χ0v) is 19.2. The van der Waals surface area contributed by atoms with Crippen LogP contribution in [0.25, 0.3) is 0 Å². The monoisotopic (exact) mass is 485 g/mol. The lowest BCUT2D eigenvalue weighted by molar-refractivity contribution is -0.127. The molecule has 0 saturated carbocycles. The lowest BCUT2D eigenvalue weighted by atomic mass is 9.96. The second-order valence-electron chi connectivity index (χ2n) is 7.05. The van der Waals surface area contributed by atoms with Crippen LogP contribution in [-0.2, 0) is 19.6 Å². The van der Waals surface area contributed by atoms with Crippen molar-refractivity contribution in [3.63, 3.8) is 0 Å². The maximum atomic E-state index is 13.0. The van der Waals surface area contributed by atoms with Gasteiger partial charge in [0.05, 0.1) is 5.01 Å². The van der Waals surface area contributed by atoms with Crippen LogP contribution in [0, 0.1) is 6.92 Å². The lowest BCUT2D eigenvalue weighted by Gasteiger charge is -2.38. The van der Waals surface area contributed by atoms with E-state index >= 15 is 0 Å². The highest BCUT2D eigenvalue weighted by atomic mass is 32.2. The number of hydrogen-bond donors (Lipinski definition) is 3. The van der Waals surface area contributed by atoms with Gasteiger partial charge >= 0.3 is 0 Å². The Balaban J connectivity index is 1.76. The third kappa shape index (κ3) is 5.87. The topological polar surface area (TPSA) is 152 Å². The Labute approximate surface area is 187 Å². The van der Waals surface area contributed by atoms with Crippen LogP contribution >= 0.6 is 22.7 Å². The first kappa shape index (κ1) is 23.3. The minimum atomic E-state index is -3.72. The molecule has 168 valence electrons. The number of amides is 3. The van der Waals surface area contributed by atoms with E-state index in [1.54, 1.807) is 23.8 Å². The number of thiophene rings is 1. The quantitative estimate of drug-likeness (QED) is 0.494. The number of piperidine rings is 1. The number of carbonyl (C=O) groups excluding carboxylic acids is 3. The van der Waals surface area contributed by atoms with Gasteiger partial charge in [0, 0.05) is 30.9 Å². The van der Waals surface area contributed by atoms with Gasteiger partial charge in [-0.3, -0.25) is 14.4 Å². The van der Waals surface area contributed by atoms with E-state index in [1.165, 1.54) is 22.3 Å². The fourth-order valence-electron chi connectivity index (χ4n) is 3.29. The Hall–Kier alpha value is -2.35. The van der Waals surface area contributed by atoms with E-state index in [-0.39, 0.29) is 41.7 Å². The maximum Gasteiger partial charge on any atom is 0.274 e. The van der Waals surface area contributed by atoms with Crippen LogP contribution in [-0.4, -0.2) is 61.2 Å². The van der Waals surface area contributed by atoms with Crippen molar-refractivity contribution in [1.29, 1.82) is 0 Å². The molecule has 3 heterocycles. The van der Waals surface area contributed by atoms with E-state index in [0.717, 1.165) is 16.3 Å². The minimum absolute atomic E-state index is 0.0356. The van der Waals surface area contributed by atoms with Crippen molar-refractivity contribution in [3.05, 3.63) is 33.6 Å². The molecular weight excluding hydrogens is 462 g/mol. The molecule has 2 unspecified atom stereocenters. The summed E-state index contributed by atoms with van der Waals surface area (Å²) in [5, 5.41) is 6.63. The van der Waals surface area contributed by atoms with Gasteiger partial charge in [0.25, 0.3) is 5.91 Å². The van der Waals surface area contributed by atoms with Gasteiger partial charge < -0.3 is 16.0 Å². The standard InChI is InChI=1S/C18H23N5O5S3/c1-11-21-13(10-30-11)18(26)23-7-5-12(22-31(27,28)16-3-2-8-29-16)9-14(23)17(25)20-6-4-15(19)24/h2-3,8,10,12,14,22H,4-7,9H2,1H3,(H2,19,24)(H,20,25). The summed E-state index contributed by atoms with van der Waals surface area (Å²) in [4.78, 5) is 42.4. The number of primary amides is 1. The van der Waals surface area contributed by atoms with E-state index in [2.05, 4.69) is 15.0 Å². The highest BCUT2D eigenvalue weighted by Gasteiger charge is 2.38. The molecule has 13 heteroatoms. The average Bonchev–Trinajstić information content (AvgIpc) is 3.39. The predicted octanol–water partition coefficient (Wildman–Crippen LogP) is 0.456. The molecule has 1 fully saturated rings. The zero-order valence-electron chi connectivity index (χ0n) is 16.7. The fraction of sp³-hybridized carbons (Fsp3) is 0.444. The van der Waals surface area contributed by atoms with Crippen molar-refractivity contribution >= 4 is 50.4 Å². The largest absolute Gasteiger partial charge is 0.370 e. The van der Waals surface area contributed by atoms with Crippen molar-refractivity contribution in [3.8, 4) is 0 Å². The second kappa shape index (κ2) is 9.85. The first-order chi connectivity index (χ1) is 14.7.